The van der Waals surface area contributed by atoms with Gasteiger partial charge in [-0.05, 0) is 68.3 Å². The molecule has 1 aliphatic heterocycles. The molecule has 2 aromatic carbocycles. The molecular formula is C27H23ClN6O2. The molecule has 36 heavy (non-hydrogen) atoms. The second kappa shape index (κ2) is 9.10. The molecule has 4 aromatic rings. The number of aryl methyl sites for hydroxylation is 3. The first kappa shape index (κ1) is 23.5. The van der Waals surface area contributed by atoms with Gasteiger partial charge >= 0.3 is 0 Å². The van der Waals surface area contributed by atoms with Crippen molar-refractivity contribution in [3.63, 3.8) is 0 Å². The zero-order valence-electron chi connectivity index (χ0n) is 20.0. The van der Waals surface area contributed by atoms with Crippen LogP contribution in [0.5, 0.6) is 0 Å². The van der Waals surface area contributed by atoms with Gasteiger partial charge in [0.15, 0.2) is 11.6 Å². The van der Waals surface area contributed by atoms with Crippen LogP contribution in [0.2, 0.25) is 5.02 Å². The summed E-state index contributed by atoms with van der Waals surface area (Å²) in [4.78, 5) is 32.2. The Kier molecular flexibility index (Phi) is 5.94. The lowest BCUT2D eigenvalue weighted by Gasteiger charge is -2.17. The Morgan fingerprint density at radius 3 is 2.61 bits per heavy atom. The molecule has 3 heterocycles. The molecule has 1 saturated heterocycles. The van der Waals surface area contributed by atoms with Crippen molar-refractivity contribution in [2.24, 2.45) is 5.92 Å². The minimum Gasteiger partial charge on any atom is -0.312 e. The van der Waals surface area contributed by atoms with Crippen molar-refractivity contribution in [1.29, 1.82) is 5.26 Å². The van der Waals surface area contributed by atoms with Crippen molar-refractivity contribution in [3.8, 4) is 11.9 Å². The number of nitriles is 1. The lowest BCUT2D eigenvalue weighted by Crippen LogP contribution is -2.28. The third kappa shape index (κ3) is 4.18. The summed E-state index contributed by atoms with van der Waals surface area (Å²) in [7, 11) is 0. The number of pyridine rings is 1. The molecule has 1 aliphatic rings. The second-order valence-corrected chi connectivity index (χ2v) is 9.51. The summed E-state index contributed by atoms with van der Waals surface area (Å²) in [5.74, 6) is -0.365. The summed E-state index contributed by atoms with van der Waals surface area (Å²) in [5, 5.41) is 18.5. The Bertz CT molecular complexity index is 1570. The van der Waals surface area contributed by atoms with Gasteiger partial charge in [-0.15, -0.1) is 0 Å². The van der Waals surface area contributed by atoms with Gasteiger partial charge < -0.3 is 10.2 Å². The Morgan fingerprint density at radius 1 is 1.14 bits per heavy atom. The molecule has 8 nitrogen and oxygen atoms in total. The van der Waals surface area contributed by atoms with Crippen LogP contribution in [0.15, 0.2) is 48.7 Å². The number of hydrogen-bond donors (Lipinski definition) is 1. The number of anilines is 2. The van der Waals surface area contributed by atoms with Crippen molar-refractivity contribution >= 4 is 45.8 Å². The number of carbonyl (C=O) groups is 2. The molecule has 1 fully saturated rings. The third-order valence-corrected chi connectivity index (χ3v) is 6.68. The summed E-state index contributed by atoms with van der Waals surface area (Å²) in [6.07, 6.45) is 1.47. The van der Waals surface area contributed by atoms with Gasteiger partial charge in [-0.2, -0.15) is 15.0 Å². The van der Waals surface area contributed by atoms with Crippen LogP contribution in [0.3, 0.4) is 0 Å². The summed E-state index contributed by atoms with van der Waals surface area (Å²) in [5.41, 5.74) is 4.91. The van der Waals surface area contributed by atoms with Gasteiger partial charge in [0.25, 0.3) is 0 Å². The highest BCUT2D eigenvalue weighted by Gasteiger charge is 2.36. The molecule has 2 amide bonds. The van der Waals surface area contributed by atoms with Crippen molar-refractivity contribution in [1.82, 2.24) is 14.8 Å². The van der Waals surface area contributed by atoms with E-state index in [9.17, 15) is 14.9 Å². The minimum absolute atomic E-state index is 0.0658. The minimum atomic E-state index is -0.584. The van der Waals surface area contributed by atoms with Crippen molar-refractivity contribution in [2.45, 2.75) is 27.2 Å². The molecular weight excluding hydrogens is 476 g/mol. The second-order valence-electron chi connectivity index (χ2n) is 9.08. The van der Waals surface area contributed by atoms with Crippen LogP contribution in [-0.2, 0) is 9.59 Å². The maximum atomic E-state index is 13.2. The summed E-state index contributed by atoms with van der Waals surface area (Å²) in [6.45, 7) is 6.27. The largest absolute Gasteiger partial charge is 0.312 e. The molecule has 180 valence electrons. The molecule has 0 aliphatic carbocycles. The quantitative estimate of drug-likeness (QED) is 0.432. The van der Waals surface area contributed by atoms with Crippen molar-refractivity contribution in [3.05, 3.63) is 75.9 Å². The number of amides is 2. The first-order chi connectivity index (χ1) is 17.2. The lowest BCUT2D eigenvalue weighted by atomic mass is 10.0. The summed E-state index contributed by atoms with van der Waals surface area (Å²) < 4.78 is 1.47. The SMILES string of the molecule is Cc1cc(C)c2nc(-n3ncc(C#N)c3NC(=O)C3CC(=O)N(c4ccc(Cl)cc4)C3)cc(C)c2c1. The molecule has 0 bridgehead atoms. The van der Waals surface area contributed by atoms with E-state index in [0.717, 1.165) is 27.6 Å². The van der Waals surface area contributed by atoms with E-state index >= 15 is 0 Å². The molecule has 2 aromatic heterocycles. The van der Waals surface area contributed by atoms with Gasteiger partial charge in [0.05, 0.1) is 17.6 Å². The fourth-order valence-electron chi connectivity index (χ4n) is 4.63. The summed E-state index contributed by atoms with van der Waals surface area (Å²) >= 11 is 5.96. The van der Waals surface area contributed by atoms with Crippen LogP contribution in [0.1, 0.15) is 28.7 Å². The van der Waals surface area contributed by atoms with E-state index in [-0.39, 0.29) is 36.2 Å². The van der Waals surface area contributed by atoms with Crippen LogP contribution < -0.4 is 10.2 Å². The number of nitrogens with zero attached hydrogens (tertiary/aromatic N) is 5. The number of carbonyl (C=O) groups excluding carboxylic acids is 2. The van der Waals surface area contributed by atoms with E-state index in [1.165, 1.54) is 10.9 Å². The van der Waals surface area contributed by atoms with Crippen LogP contribution >= 0.6 is 11.6 Å². The monoisotopic (exact) mass is 498 g/mol. The topological polar surface area (TPSA) is 104 Å². The number of halogens is 1. The van der Waals surface area contributed by atoms with Gasteiger partial charge in [0.2, 0.25) is 11.8 Å². The zero-order chi connectivity index (χ0) is 25.6. The van der Waals surface area contributed by atoms with Gasteiger partial charge in [0, 0.05) is 29.1 Å². The number of nitrogens with one attached hydrogen (secondary N) is 1. The van der Waals surface area contributed by atoms with Crippen LogP contribution in [0, 0.1) is 38.0 Å². The average Bonchev–Trinajstić information content (AvgIpc) is 3.43. The Labute approximate surface area is 213 Å². The van der Waals surface area contributed by atoms with Gasteiger partial charge in [-0.1, -0.05) is 23.2 Å². The van der Waals surface area contributed by atoms with Crippen LogP contribution in [0.25, 0.3) is 16.7 Å². The zero-order valence-corrected chi connectivity index (χ0v) is 20.8. The number of benzene rings is 2. The highest BCUT2D eigenvalue weighted by atomic mass is 35.5. The first-order valence-electron chi connectivity index (χ1n) is 11.5. The number of aromatic nitrogens is 3. The van der Waals surface area contributed by atoms with Crippen molar-refractivity contribution in [2.75, 3.05) is 16.8 Å². The highest BCUT2D eigenvalue weighted by molar-refractivity contribution is 6.30. The van der Waals surface area contributed by atoms with E-state index in [4.69, 9.17) is 16.6 Å². The van der Waals surface area contributed by atoms with Crippen LogP contribution in [-0.4, -0.2) is 33.1 Å². The highest BCUT2D eigenvalue weighted by Crippen LogP contribution is 2.29. The van der Waals surface area contributed by atoms with E-state index in [0.29, 0.717) is 16.5 Å². The molecule has 0 saturated carbocycles. The maximum absolute atomic E-state index is 13.2. The number of fused-ring (bicyclic) bond motifs is 1. The van der Waals surface area contributed by atoms with Crippen molar-refractivity contribution < 1.29 is 9.59 Å². The van der Waals surface area contributed by atoms with E-state index in [1.807, 2.05) is 26.8 Å². The predicted molar refractivity (Wildman–Crippen MR) is 138 cm³/mol. The normalized spacial score (nSPS) is 15.4. The molecule has 0 radical (unpaired) electrons. The number of rotatable bonds is 4. The fourth-order valence-corrected chi connectivity index (χ4v) is 4.76. The Morgan fingerprint density at radius 2 is 1.89 bits per heavy atom. The van der Waals surface area contributed by atoms with E-state index in [2.05, 4.69) is 28.6 Å². The average molecular weight is 499 g/mol. The van der Waals surface area contributed by atoms with E-state index in [1.54, 1.807) is 29.2 Å². The Hall–Kier alpha value is -4.22. The number of hydrogen-bond acceptors (Lipinski definition) is 5. The van der Waals surface area contributed by atoms with Crippen LogP contribution in [0.4, 0.5) is 11.5 Å². The van der Waals surface area contributed by atoms with Gasteiger partial charge in [-0.3, -0.25) is 9.59 Å². The smallest absolute Gasteiger partial charge is 0.231 e. The van der Waals surface area contributed by atoms with Gasteiger partial charge in [0.1, 0.15) is 11.6 Å². The molecule has 1 N–H and O–H groups in total. The maximum Gasteiger partial charge on any atom is 0.231 e. The molecule has 9 heteroatoms. The third-order valence-electron chi connectivity index (χ3n) is 6.42. The lowest BCUT2D eigenvalue weighted by molar-refractivity contribution is -0.122. The molecule has 1 unspecified atom stereocenters. The molecule has 1 atom stereocenters. The standard InChI is InChI=1S/C27H23ClN6O2/c1-15-8-17(3)25-22(9-15)16(2)10-23(31-25)34-26(19(12-29)13-30-34)32-27(36)18-11-24(35)33(14-18)21-6-4-20(28)5-7-21/h4-10,13,18H,11,14H2,1-3H3,(H,32,36). The Balaban J connectivity index is 1.45. The van der Waals surface area contributed by atoms with Gasteiger partial charge in [-0.25, -0.2) is 4.98 Å². The molecule has 0 spiro atoms. The predicted octanol–water partition coefficient (Wildman–Crippen LogP) is 4.86. The summed E-state index contributed by atoms with van der Waals surface area (Å²) in [6, 6.07) is 15.0. The first-order valence-corrected chi connectivity index (χ1v) is 11.9. The molecule has 5 rings (SSSR count). The fraction of sp³-hybridized carbons (Fsp3) is 0.222. The van der Waals surface area contributed by atoms with E-state index < -0.39 is 5.92 Å².